The minimum atomic E-state index is -0.690. The third kappa shape index (κ3) is 4.58. The molecule has 30 heavy (non-hydrogen) atoms. The fourth-order valence-corrected chi connectivity index (χ4v) is 3.98. The summed E-state index contributed by atoms with van der Waals surface area (Å²) in [6, 6.07) is 6.12. The molecule has 0 radical (unpaired) electrons. The zero-order chi connectivity index (χ0) is 21.8. The van der Waals surface area contributed by atoms with Crippen LogP contribution in [0.3, 0.4) is 0 Å². The summed E-state index contributed by atoms with van der Waals surface area (Å²) in [7, 11) is 4.96. The van der Waals surface area contributed by atoms with Crippen LogP contribution in [0.1, 0.15) is 42.1 Å². The van der Waals surface area contributed by atoms with E-state index in [-0.39, 0.29) is 35.7 Å². The highest BCUT2D eigenvalue weighted by Crippen LogP contribution is 2.27. The first-order chi connectivity index (χ1) is 14.3. The fraction of sp³-hybridized carbons (Fsp3) is 0.591. The van der Waals surface area contributed by atoms with Gasteiger partial charge in [0.25, 0.3) is 5.91 Å². The molecule has 0 N–H and O–H groups in total. The fourth-order valence-electron chi connectivity index (χ4n) is 3.98. The maximum Gasteiger partial charge on any atom is 0.258 e. The Balaban J connectivity index is 1.94. The molecule has 2 aliphatic heterocycles. The van der Waals surface area contributed by atoms with Gasteiger partial charge in [-0.25, -0.2) is 0 Å². The summed E-state index contributed by atoms with van der Waals surface area (Å²) in [6.07, 6.45) is 2.03. The minimum Gasteiger partial charge on any atom is -0.493 e. The highest BCUT2D eigenvalue weighted by Gasteiger charge is 2.35. The third-order valence-corrected chi connectivity index (χ3v) is 5.98. The van der Waals surface area contributed by atoms with Crippen LogP contribution in [-0.2, 0) is 14.3 Å². The van der Waals surface area contributed by atoms with E-state index in [0.29, 0.717) is 30.9 Å². The van der Waals surface area contributed by atoms with Crippen molar-refractivity contribution in [3.63, 3.8) is 0 Å². The van der Waals surface area contributed by atoms with E-state index in [4.69, 9.17) is 14.2 Å². The number of hydrogen-bond donors (Lipinski definition) is 0. The molecule has 2 bridgehead atoms. The highest BCUT2D eigenvalue weighted by atomic mass is 16.5. The molecule has 0 aliphatic carbocycles. The van der Waals surface area contributed by atoms with Crippen LogP contribution in [0.25, 0.3) is 0 Å². The van der Waals surface area contributed by atoms with E-state index in [1.165, 1.54) is 11.0 Å². The molecule has 1 aromatic carbocycles. The van der Waals surface area contributed by atoms with E-state index in [9.17, 15) is 14.9 Å². The number of hydrogen-bond acceptors (Lipinski definition) is 6. The largest absolute Gasteiger partial charge is 0.493 e. The molecule has 1 saturated heterocycles. The first kappa shape index (κ1) is 22.1. The van der Waals surface area contributed by atoms with Crippen LogP contribution in [0.15, 0.2) is 18.2 Å². The van der Waals surface area contributed by atoms with E-state index in [1.807, 2.05) is 6.07 Å². The molecule has 1 aromatic rings. The molecule has 1 fully saturated rings. The number of benzene rings is 1. The number of amides is 2. The lowest BCUT2D eigenvalue weighted by Gasteiger charge is -2.39. The Bertz CT molecular complexity index is 837. The molecule has 2 aliphatic rings. The standard InChI is InChI=1S/C22H29N3O5/c1-14-21(26)24(2)13-20-19(28-4)8-6-16(30-20)9-10-29-18-7-5-15(12-23)11-17(18)22(27)25(14)3/h5,7,11,14,16,19-20H,6,8-10,13H2,1-4H3/t14-,16-,19-,20-/m1/s1. The number of rotatable bonds is 1. The second kappa shape index (κ2) is 9.45. The van der Waals surface area contributed by atoms with Gasteiger partial charge in [-0.1, -0.05) is 0 Å². The molecular weight excluding hydrogens is 386 g/mol. The lowest BCUT2D eigenvalue weighted by molar-refractivity contribution is -0.152. The van der Waals surface area contributed by atoms with Gasteiger partial charge in [0.2, 0.25) is 5.91 Å². The van der Waals surface area contributed by atoms with Crippen molar-refractivity contribution in [1.29, 1.82) is 5.26 Å². The van der Waals surface area contributed by atoms with Gasteiger partial charge in [-0.05, 0) is 38.0 Å². The summed E-state index contributed by atoms with van der Waals surface area (Å²) < 4.78 is 17.7. The van der Waals surface area contributed by atoms with Gasteiger partial charge in [0.1, 0.15) is 17.9 Å². The van der Waals surface area contributed by atoms with Gasteiger partial charge in [0, 0.05) is 34.2 Å². The Labute approximate surface area is 177 Å². The van der Waals surface area contributed by atoms with Crippen molar-refractivity contribution < 1.29 is 23.8 Å². The quantitative estimate of drug-likeness (QED) is 0.695. The number of ether oxygens (including phenoxy) is 3. The van der Waals surface area contributed by atoms with Crippen LogP contribution < -0.4 is 4.74 Å². The average molecular weight is 415 g/mol. The van der Waals surface area contributed by atoms with Crippen molar-refractivity contribution in [2.45, 2.75) is 50.5 Å². The Morgan fingerprint density at radius 2 is 1.97 bits per heavy atom. The number of likely N-dealkylation sites (N-methyl/N-ethyl adjacent to an activating group) is 2. The molecular formula is C22H29N3O5. The van der Waals surface area contributed by atoms with Crippen LogP contribution in [0.5, 0.6) is 5.75 Å². The molecule has 2 heterocycles. The molecule has 0 spiro atoms. The van der Waals surface area contributed by atoms with Gasteiger partial charge in [-0.15, -0.1) is 0 Å². The summed E-state index contributed by atoms with van der Waals surface area (Å²) >= 11 is 0. The third-order valence-electron chi connectivity index (χ3n) is 5.98. The lowest BCUT2D eigenvalue weighted by Crippen LogP contribution is -2.52. The molecule has 0 unspecified atom stereocenters. The second-order valence-corrected chi connectivity index (χ2v) is 7.92. The summed E-state index contributed by atoms with van der Waals surface area (Å²) in [6.45, 7) is 2.46. The number of nitriles is 1. The van der Waals surface area contributed by atoms with Crippen molar-refractivity contribution in [3.05, 3.63) is 29.3 Å². The predicted octanol–water partition coefficient (Wildman–Crippen LogP) is 1.82. The maximum absolute atomic E-state index is 13.2. The van der Waals surface area contributed by atoms with E-state index < -0.39 is 6.04 Å². The van der Waals surface area contributed by atoms with Crippen LogP contribution in [0.4, 0.5) is 0 Å². The zero-order valence-corrected chi connectivity index (χ0v) is 18.0. The molecule has 8 heteroatoms. The van der Waals surface area contributed by atoms with Crippen LogP contribution in [-0.4, -0.2) is 80.3 Å². The summed E-state index contributed by atoms with van der Waals surface area (Å²) in [4.78, 5) is 29.1. The van der Waals surface area contributed by atoms with Gasteiger partial charge in [-0.2, -0.15) is 5.26 Å². The molecule has 3 rings (SSSR count). The van der Waals surface area contributed by atoms with E-state index >= 15 is 0 Å². The molecule has 0 aromatic heterocycles. The number of fused-ring (bicyclic) bond motifs is 3. The topological polar surface area (TPSA) is 92.1 Å². The smallest absolute Gasteiger partial charge is 0.258 e. The van der Waals surface area contributed by atoms with Crippen molar-refractivity contribution in [2.24, 2.45) is 0 Å². The number of carbonyl (C=O) groups excluding carboxylic acids is 2. The van der Waals surface area contributed by atoms with Crippen LogP contribution >= 0.6 is 0 Å². The SMILES string of the molecule is CO[C@@H]1CC[C@@H]2CCOc3ccc(C#N)cc3C(=O)N(C)[C@H](C)C(=O)N(C)C[C@H]1O2. The molecule has 162 valence electrons. The molecule has 0 saturated carbocycles. The maximum atomic E-state index is 13.2. The van der Waals surface area contributed by atoms with Crippen LogP contribution in [0.2, 0.25) is 0 Å². The Hall–Kier alpha value is -2.63. The van der Waals surface area contributed by atoms with Crippen molar-refractivity contribution in [2.75, 3.05) is 34.4 Å². The lowest BCUT2D eigenvalue weighted by atomic mass is 9.98. The van der Waals surface area contributed by atoms with Gasteiger partial charge >= 0.3 is 0 Å². The first-order valence-corrected chi connectivity index (χ1v) is 10.2. The van der Waals surface area contributed by atoms with Crippen LogP contribution in [0, 0.1) is 11.3 Å². The number of carbonyl (C=O) groups is 2. The van der Waals surface area contributed by atoms with Gasteiger partial charge in [0.05, 0.1) is 36.0 Å². The average Bonchev–Trinajstić information content (AvgIpc) is 2.76. The van der Waals surface area contributed by atoms with Gasteiger partial charge < -0.3 is 24.0 Å². The summed E-state index contributed by atoms with van der Waals surface area (Å²) in [5, 5.41) is 9.23. The Morgan fingerprint density at radius 3 is 2.67 bits per heavy atom. The van der Waals surface area contributed by atoms with Crippen molar-refractivity contribution in [1.82, 2.24) is 9.80 Å². The monoisotopic (exact) mass is 415 g/mol. The Morgan fingerprint density at radius 1 is 1.20 bits per heavy atom. The van der Waals surface area contributed by atoms with Gasteiger partial charge in [0.15, 0.2) is 0 Å². The van der Waals surface area contributed by atoms with Gasteiger partial charge in [-0.3, -0.25) is 9.59 Å². The first-order valence-electron chi connectivity index (χ1n) is 10.2. The summed E-state index contributed by atoms with van der Waals surface area (Å²) in [5.74, 6) is -0.153. The normalized spacial score (nSPS) is 28.2. The zero-order valence-electron chi connectivity index (χ0n) is 18.0. The van der Waals surface area contributed by atoms with Crippen molar-refractivity contribution >= 4 is 11.8 Å². The Kier molecular flexibility index (Phi) is 6.95. The van der Waals surface area contributed by atoms with E-state index in [0.717, 1.165) is 12.8 Å². The number of nitrogens with zero attached hydrogens (tertiary/aromatic N) is 3. The minimum absolute atomic E-state index is 0.00882. The second-order valence-electron chi connectivity index (χ2n) is 7.92. The predicted molar refractivity (Wildman–Crippen MR) is 109 cm³/mol. The molecule has 4 atom stereocenters. The van der Waals surface area contributed by atoms with E-state index in [2.05, 4.69) is 0 Å². The number of methoxy groups -OCH3 is 1. The highest BCUT2D eigenvalue weighted by molar-refractivity contribution is 5.99. The van der Waals surface area contributed by atoms with E-state index in [1.54, 1.807) is 45.2 Å². The van der Waals surface area contributed by atoms with Crippen molar-refractivity contribution in [3.8, 4) is 11.8 Å². The molecule has 8 nitrogen and oxygen atoms in total. The molecule has 2 amide bonds. The summed E-state index contributed by atoms with van der Waals surface area (Å²) in [5.41, 5.74) is 0.637.